The molecule has 0 aliphatic carbocycles. The van der Waals surface area contributed by atoms with Gasteiger partial charge in [0, 0.05) is 23.9 Å². The number of amides is 1. The molecule has 1 amide bonds. The molecule has 6 heteroatoms. The average Bonchev–Trinajstić information content (AvgIpc) is 3.24. The SMILES string of the molecule is CCc1nc(-c2cccc(CN)c2)c(-c2ccnc(NC(=O)c3ccccc3)c2)s1. The lowest BCUT2D eigenvalue weighted by Crippen LogP contribution is -2.12. The van der Waals surface area contributed by atoms with Gasteiger partial charge < -0.3 is 11.1 Å². The maximum absolute atomic E-state index is 12.5. The molecule has 150 valence electrons. The summed E-state index contributed by atoms with van der Waals surface area (Å²) < 4.78 is 0. The largest absolute Gasteiger partial charge is 0.326 e. The number of aryl methyl sites for hydroxylation is 1. The Morgan fingerprint density at radius 3 is 2.63 bits per heavy atom. The van der Waals surface area contributed by atoms with Gasteiger partial charge in [-0.25, -0.2) is 9.97 Å². The summed E-state index contributed by atoms with van der Waals surface area (Å²) in [5, 5.41) is 3.94. The van der Waals surface area contributed by atoms with Crippen LogP contribution < -0.4 is 11.1 Å². The van der Waals surface area contributed by atoms with Crippen molar-refractivity contribution in [3.05, 3.63) is 89.1 Å². The second-order valence-corrected chi connectivity index (χ2v) is 7.88. The van der Waals surface area contributed by atoms with Crippen molar-refractivity contribution in [1.29, 1.82) is 0 Å². The molecule has 0 saturated carbocycles. The summed E-state index contributed by atoms with van der Waals surface area (Å²) in [5.74, 6) is 0.323. The first-order valence-corrected chi connectivity index (χ1v) is 10.6. The third-order valence-electron chi connectivity index (χ3n) is 4.71. The highest BCUT2D eigenvalue weighted by Gasteiger charge is 2.16. The number of nitrogens with zero attached hydrogens (tertiary/aromatic N) is 2. The van der Waals surface area contributed by atoms with Crippen LogP contribution in [-0.4, -0.2) is 15.9 Å². The number of anilines is 1. The summed E-state index contributed by atoms with van der Waals surface area (Å²) >= 11 is 1.66. The summed E-state index contributed by atoms with van der Waals surface area (Å²) in [6.07, 6.45) is 2.57. The fraction of sp³-hybridized carbons (Fsp3) is 0.125. The molecule has 2 aromatic heterocycles. The molecule has 0 unspecified atom stereocenters. The number of nitrogens with one attached hydrogen (secondary N) is 1. The van der Waals surface area contributed by atoms with E-state index in [1.54, 1.807) is 29.7 Å². The topological polar surface area (TPSA) is 80.9 Å². The summed E-state index contributed by atoms with van der Waals surface area (Å²) in [6.45, 7) is 2.58. The van der Waals surface area contributed by atoms with Crippen molar-refractivity contribution in [3.8, 4) is 21.7 Å². The quantitative estimate of drug-likeness (QED) is 0.457. The summed E-state index contributed by atoms with van der Waals surface area (Å²) in [6, 6.07) is 21.1. The van der Waals surface area contributed by atoms with Crippen LogP contribution in [0.15, 0.2) is 72.9 Å². The van der Waals surface area contributed by atoms with E-state index in [9.17, 15) is 4.79 Å². The number of rotatable bonds is 6. The van der Waals surface area contributed by atoms with Gasteiger partial charge in [0.25, 0.3) is 5.91 Å². The molecule has 2 aromatic carbocycles. The van der Waals surface area contributed by atoms with Gasteiger partial charge >= 0.3 is 0 Å². The fourth-order valence-electron chi connectivity index (χ4n) is 3.17. The van der Waals surface area contributed by atoms with E-state index < -0.39 is 0 Å². The van der Waals surface area contributed by atoms with Crippen LogP contribution in [0.3, 0.4) is 0 Å². The van der Waals surface area contributed by atoms with Gasteiger partial charge in [-0.2, -0.15) is 0 Å². The van der Waals surface area contributed by atoms with E-state index in [1.807, 2.05) is 42.5 Å². The third kappa shape index (κ3) is 4.30. The molecule has 3 N–H and O–H groups in total. The number of pyridine rings is 1. The van der Waals surface area contributed by atoms with Crippen LogP contribution in [0.25, 0.3) is 21.7 Å². The summed E-state index contributed by atoms with van der Waals surface area (Å²) in [4.78, 5) is 22.7. The highest BCUT2D eigenvalue weighted by molar-refractivity contribution is 7.15. The monoisotopic (exact) mass is 414 g/mol. The molecule has 4 aromatic rings. The Bertz CT molecular complexity index is 1170. The molecule has 0 fully saturated rings. The highest BCUT2D eigenvalue weighted by atomic mass is 32.1. The second-order valence-electron chi connectivity index (χ2n) is 6.79. The zero-order valence-corrected chi connectivity index (χ0v) is 17.4. The standard InChI is InChI=1S/C24H22N4OS/c1-2-21-28-22(18-10-6-7-16(13-18)15-25)23(30-21)19-11-12-26-20(14-19)27-24(29)17-8-4-3-5-9-17/h3-14H,2,15,25H2,1H3,(H,26,27,29). The Balaban J connectivity index is 1.70. The minimum absolute atomic E-state index is 0.185. The second kappa shape index (κ2) is 8.98. The lowest BCUT2D eigenvalue weighted by atomic mass is 10.0. The lowest BCUT2D eigenvalue weighted by Gasteiger charge is -2.08. The zero-order valence-electron chi connectivity index (χ0n) is 16.6. The highest BCUT2D eigenvalue weighted by Crippen LogP contribution is 2.37. The van der Waals surface area contributed by atoms with Crippen LogP contribution in [-0.2, 0) is 13.0 Å². The molecule has 2 heterocycles. The van der Waals surface area contributed by atoms with Crippen LogP contribution in [0.5, 0.6) is 0 Å². The van der Waals surface area contributed by atoms with E-state index in [0.29, 0.717) is 17.9 Å². The van der Waals surface area contributed by atoms with Crippen molar-refractivity contribution in [2.24, 2.45) is 5.73 Å². The van der Waals surface area contributed by atoms with E-state index in [2.05, 4.69) is 29.4 Å². The van der Waals surface area contributed by atoms with Crippen LogP contribution in [0.2, 0.25) is 0 Å². The maximum atomic E-state index is 12.5. The molecular weight excluding hydrogens is 392 g/mol. The van der Waals surface area contributed by atoms with E-state index in [1.165, 1.54) is 0 Å². The van der Waals surface area contributed by atoms with Crippen molar-refractivity contribution in [2.75, 3.05) is 5.32 Å². The van der Waals surface area contributed by atoms with Crippen molar-refractivity contribution in [3.63, 3.8) is 0 Å². The molecule has 0 aliphatic rings. The third-order valence-corrected chi connectivity index (χ3v) is 5.96. The van der Waals surface area contributed by atoms with Gasteiger partial charge in [-0.15, -0.1) is 11.3 Å². The van der Waals surface area contributed by atoms with E-state index >= 15 is 0 Å². The molecule has 0 aliphatic heterocycles. The Morgan fingerprint density at radius 2 is 1.87 bits per heavy atom. The first kappa shape index (κ1) is 19.9. The van der Waals surface area contributed by atoms with Crippen LogP contribution >= 0.6 is 11.3 Å². The zero-order chi connectivity index (χ0) is 20.9. The van der Waals surface area contributed by atoms with Gasteiger partial charge in [0.2, 0.25) is 0 Å². The van der Waals surface area contributed by atoms with Crippen molar-refractivity contribution < 1.29 is 4.79 Å². The van der Waals surface area contributed by atoms with Crippen molar-refractivity contribution in [2.45, 2.75) is 19.9 Å². The number of carbonyl (C=O) groups is 1. The molecule has 30 heavy (non-hydrogen) atoms. The van der Waals surface area contributed by atoms with Gasteiger partial charge in [0.15, 0.2) is 0 Å². The first-order valence-electron chi connectivity index (χ1n) is 9.80. The molecule has 0 bridgehead atoms. The number of nitrogens with two attached hydrogens (primary N) is 1. The summed E-state index contributed by atoms with van der Waals surface area (Å²) in [7, 11) is 0. The Hall–Kier alpha value is -3.35. The molecule has 0 radical (unpaired) electrons. The number of aromatic nitrogens is 2. The molecular formula is C24H22N4OS. The minimum Gasteiger partial charge on any atom is -0.326 e. The normalized spacial score (nSPS) is 10.7. The molecule has 4 rings (SSSR count). The smallest absolute Gasteiger partial charge is 0.256 e. The first-order chi connectivity index (χ1) is 14.7. The van der Waals surface area contributed by atoms with Gasteiger partial charge in [-0.1, -0.05) is 43.3 Å². The van der Waals surface area contributed by atoms with Crippen LogP contribution in [0, 0.1) is 0 Å². The number of thiazole rings is 1. The van der Waals surface area contributed by atoms with Crippen LogP contribution in [0.4, 0.5) is 5.82 Å². The maximum Gasteiger partial charge on any atom is 0.256 e. The van der Waals surface area contributed by atoms with E-state index in [0.717, 1.165) is 38.7 Å². The molecule has 0 atom stereocenters. The Kier molecular flexibility index (Phi) is 5.97. The lowest BCUT2D eigenvalue weighted by molar-refractivity contribution is 0.102. The minimum atomic E-state index is -0.185. The molecule has 0 spiro atoms. The number of hydrogen-bond donors (Lipinski definition) is 2. The van der Waals surface area contributed by atoms with Gasteiger partial charge in [-0.05, 0) is 47.9 Å². The molecule has 5 nitrogen and oxygen atoms in total. The number of hydrogen-bond acceptors (Lipinski definition) is 5. The van der Waals surface area contributed by atoms with Crippen molar-refractivity contribution >= 4 is 23.1 Å². The predicted molar refractivity (Wildman–Crippen MR) is 122 cm³/mol. The van der Waals surface area contributed by atoms with Crippen molar-refractivity contribution in [1.82, 2.24) is 9.97 Å². The van der Waals surface area contributed by atoms with E-state index in [4.69, 9.17) is 10.7 Å². The van der Waals surface area contributed by atoms with Crippen LogP contribution in [0.1, 0.15) is 27.9 Å². The fourth-order valence-corrected chi connectivity index (χ4v) is 4.19. The van der Waals surface area contributed by atoms with Gasteiger partial charge in [0.05, 0.1) is 15.6 Å². The van der Waals surface area contributed by atoms with Gasteiger partial charge in [0.1, 0.15) is 5.82 Å². The number of carbonyl (C=O) groups excluding carboxylic acids is 1. The van der Waals surface area contributed by atoms with E-state index in [-0.39, 0.29) is 5.91 Å². The predicted octanol–water partition coefficient (Wildman–Crippen LogP) is 5.15. The van der Waals surface area contributed by atoms with Gasteiger partial charge in [-0.3, -0.25) is 4.79 Å². The average molecular weight is 415 g/mol. The summed E-state index contributed by atoms with van der Waals surface area (Å²) in [5.41, 5.74) is 10.4. The molecule has 0 saturated heterocycles. The Morgan fingerprint density at radius 1 is 1.03 bits per heavy atom. The number of benzene rings is 2. The Labute approximate surface area is 179 Å².